The summed E-state index contributed by atoms with van der Waals surface area (Å²) in [5.74, 6) is 1.07. The van der Waals surface area contributed by atoms with Crippen LogP contribution in [0, 0.1) is 5.92 Å². The normalized spacial score (nSPS) is 21.6. The highest BCUT2D eigenvalue weighted by Gasteiger charge is 2.34. The summed E-state index contributed by atoms with van der Waals surface area (Å²) in [6.07, 6.45) is 9.41. The number of likely N-dealkylation sites (tertiary alicyclic amines) is 2. The number of aromatic nitrogens is 2. The third-order valence-corrected chi connectivity index (χ3v) is 6.13. The molecular formula is C22H30N4O. The number of rotatable bonds is 6. The van der Waals surface area contributed by atoms with Crippen LogP contribution in [0.1, 0.15) is 37.7 Å². The number of piperidine rings is 1. The van der Waals surface area contributed by atoms with Crippen molar-refractivity contribution in [3.63, 3.8) is 0 Å². The second kappa shape index (κ2) is 8.70. The van der Waals surface area contributed by atoms with Gasteiger partial charge in [0.15, 0.2) is 0 Å². The van der Waals surface area contributed by atoms with Gasteiger partial charge >= 0.3 is 0 Å². The van der Waals surface area contributed by atoms with E-state index in [1.54, 1.807) is 0 Å². The van der Waals surface area contributed by atoms with E-state index in [0.717, 1.165) is 64.8 Å². The van der Waals surface area contributed by atoms with Crippen molar-refractivity contribution >= 4 is 5.91 Å². The molecule has 0 bridgehead atoms. The van der Waals surface area contributed by atoms with E-state index in [1.807, 2.05) is 29.2 Å². The molecule has 1 aromatic heterocycles. The molecule has 0 N–H and O–H groups in total. The summed E-state index contributed by atoms with van der Waals surface area (Å²) in [4.78, 5) is 17.6. The molecule has 1 aromatic carbocycles. The maximum Gasteiger partial charge on any atom is 0.239 e. The van der Waals surface area contributed by atoms with E-state index in [1.165, 1.54) is 5.56 Å². The highest BCUT2D eigenvalue weighted by Crippen LogP contribution is 2.26. The van der Waals surface area contributed by atoms with Crippen LogP contribution in [0.3, 0.4) is 0 Å². The smallest absolute Gasteiger partial charge is 0.239 e. The van der Waals surface area contributed by atoms with Crippen LogP contribution in [0.4, 0.5) is 0 Å². The monoisotopic (exact) mass is 366 g/mol. The van der Waals surface area contributed by atoms with Gasteiger partial charge in [0, 0.05) is 38.6 Å². The van der Waals surface area contributed by atoms with Crippen molar-refractivity contribution in [3.05, 3.63) is 54.4 Å². The molecule has 2 saturated heterocycles. The fourth-order valence-electron chi connectivity index (χ4n) is 4.51. The summed E-state index contributed by atoms with van der Waals surface area (Å²) < 4.78 is 2.01. The maximum absolute atomic E-state index is 13.1. The molecular weight excluding hydrogens is 336 g/mol. The van der Waals surface area contributed by atoms with Gasteiger partial charge in [-0.1, -0.05) is 30.3 Å². The van der Waals surface area contributed by atoms with E-state index in [2.05, 4.69) is 39.2 Å². The molecule has 0 aliphatic carbocycles. The van der Waals surface area contributed by atoms with Gasteiger partial charge in [0.05, 0.1) is 6.04 Å². The third kappa shape index (κ3) is 4.59. The number of nitrogens with zero attached hydrogens (tertiary/aromatic N) is 4. The number of aryl methyl sites for hydroxylation is 1. The predicted molar refractivity (Wildman–Crippen MR) is 106 cm³/mol. The van der Waals surface area contributed by atoms with Crippen molar-refractivity contribution < 1.29 is 4.79 Å². The number of amides is 1. The number of carbonyl (C=O) groups is 1. The molecule has 144 valence electrons. The number of carbonyl (C=O) groups excluding carboxylic acids is 1. The zero-order valence-corrected chi connectivity index (χ0v) is 16.0. The highest BCUT2D eigenvalue weighted by atomic mass is 16.2. The summed E-state index contributed by atoms with van der Waals surface area (Å²) in [7, 11) is 0. The third-order valence-electron chi connectivity index (χ3n) is 6.13. The van der Waals surface area contributed by atoms with E-state index < -0.39 is 0 Å². The fraction of sp³-hybridized carbons (Fsp3) is 0.545. The molecule has 5 nitrogen and oxygen atoms in total. The first-order valence-corrected chi connectivity index (χ1v) is 10.3. The Morgan fingerprint density at radius 1 is 1.04 bits per heavy atom. The zero-order chi connectivity index (χ0) is 18.5. The first kappa shape index (κ1) is 18.2. The molecule has 27 heavy (non-hydrogen) atoms. The molecule has 0 saturated carbocycles. The highest BCUT2D eigenvalue weighted by molar-refractivity contribution is 5.82. The van der Waals surface area contributed by atoms with Gasteiger partial charge in [-0.05, 0) is 56.2 Å². The van der Waals surface area contributed by atoms with Crippen molar-refractivity contribution in [1.82, 2.24) is 19.6 Å². The molecule has 0 radical (unpaired) electrons. The van der Waals surface area contributed by atoms with Gasteiger partial charge in [-0.3, -0.25) is 14.4 Å². The lowest BCUT2D eigenvalue weighted by Gasteiger charge is -2.35. The van der Waals surface area contributed by atoms with Gasteiger partial charge in [-0.2, -0.15) is 5.10 Å². The quantitative estimate of drug-likeness (QED) is 0.788. The van der Waals surface area contributed by atoms with E-state index >= 15 is 0 Å². The van der Waals surface area contributed by atoms with Crippen molar-refractivity contribution in [2.45, 2.75) is 51.2 Å². The minimum Gasteiger partial charge on any atom is -0.341 e. The van der Waals surface area contributed by atoms with E-state index in [9.17, 15) is 4.79 Å². The molecule has 5 heteroatoms. The van der Waals surface area contributed by atoms with Crippen molar-refractivity contribution in [1.29, 1.82) is 0 Å². The first-order valence-electron chi connectivity index (χ1n) is 10.3. The van der Waals surface area contributed by atoms with Crippen LogP contribution in [-0.4, -0.2) is 51.2 Å². The average Bonchev–Trinajstić information content (AvgIpc) is 3.39. The molecule has 0 spiro atoms. The molecule has 2 fully saturated rings. The molecule has 2 aliphatic heterocycles. The second-order valence-electron chi connectivity index (χ2n) is 7.94. The Bertz CT molecular complexity index is 707. The van der Waals surface area contributed by atoms with Crippen LogP contribution in [-0.2, 0) is 17.9 Å². The molecule has 1 atom stereocenters. The van der Waals surface area contributed by atoms with Crippen molar-refractivity contribution in [2.75, 3.05) is 19.6 Å². The SMILES string of the molecule is O=C([C@@H]1CCCN1Cc1ccccc1)N1CCC(CCn2cccn2)CC1. The van der Waals surface area contributed by atoms with Gasteiger partial charge in [0.1, 0.15) is 0 Å². The number of benzene rings is 1. The summed E-state index contributed by atoms with van der Waals surface area (Å²) in [5, 5.41) is 4.29. The molecule has 1 amide bonds. The summed E-state index contributed by atoms with van der Waals surface area (Å²) >= 11 is 0. The summed E-state index contributed by atoms with van der Waals surface area (Å²) in [6, 6.07) is 12.6. The Kier molecular flexibility index (Phi) is 5.87. The van der Waals surface area contributed by atoms with Crippen LogP contribution in [0.25, 0.3) is 0 Å². The average molecular weight is 367 g/mol. The van der Waals surface area contributed by atoms with Crippen LogP contribution >= 0.6 is 0 Å². The van der Waals surface area contributed by atoms with Crippen LogP contribution in [0.2, 0.25) is 0 Å². The van der Waals surface area contributed by atoms with E-state index in [4.69, 9.17) is 0 Å². The van der Waals surface area contributed by atoms with Crippen LogP contribution < -0.4 is 0 Å². The van der Waals surface area contributed by atoms with E-state index in [-0.39, 0.29) is 6.04 Å². The first-order chi connectivity index (χ1) is 13.3. The molecule has 2 aliphatic rings. The molecule has 4 rings (SSSR count). The van der Waals surface area contributed by atoms with Crippen molar-refractivity contribution in [3.8, 4) is 0 Å². The Labute approximate surface area is 162 Å². The lowest BCUT2D eigenvalue weighted by molar-refractivity contribution is -0.137. The number of hydrogen-bond donors (Lipinski definition) is 0. The summed E-state index contributed by atoms with van der Waals surface area (Å²) in [5.41, 5.74) is 1.30. The number of hydrogen-bond acceptors (Lipinski definition) is 3. The lowest BCUT2D eigenvalue weighted by Crippen LogP contribution is -2.48. The van der Waals surface area contributed by atoms with Crippen molar-refractivity contribution in [2.24, 2.45) is 5.92 Å². The standard InChI is InChI=1S/C22H30N4O/c27-22(21-8-4-13-25(21)18-20-6-2-1-3-7-20)24-15-9-19(10-16-24)11-17-26-14-5-12-23-26/h1-3,5-7,12,14,19,21H,4,8-11,13,15-18H2/t21-/m0/s1. The van der Waals surface area contributed by atoms with Gasteiger partial charge in [-0.15, -0.1) is 0 Å². The minimum absolute atomic E-state index is 0.0748. The van der Waals surface area contributed by atoms with E-state index in [0.29, 0.717) is 11.8 Å². The Morgan fingerprint density at radius 2 is 1.85 bits per heavy atom. The molecule has 3 heterocycles. The lowest BCUT2D eigenvalue weighted by atomic mass is 9.93. The Hall–Kier alpha value is -2.14. The molecule has 0 unspecified atom stereocenters. The predicted octanol–water partition coefficient (Wildman–Crippen LogP) is 3.18. The molecule has 2 aromatic rings. The van der Waals surface area contributed by atoms with Crippen LogP contribution in [0.5, 0.6) is 0 Å². The Morgan fingerprint density at radius 3 is 2.59 bits per heavy atom. The van der Waals surface area contributed by atoms with Gasteiger partial charge in [-0.25, -0.2) is 0 Å². The fourth-order valence-corrected chi connectivity index (χ4v) is 4.51. The van der Waals surface area contributed by atoms with Gasteiger partial charge in [0.2, 0.25) is 5.91 Å². The summed E-state index contributed by atoms with van der Waals surface area (Å²) in [6.45, 7) is 4.73. The van der Waals surface area contributed by atoms with Gasteiger partial charge < -0.3 is 4.90 Å². The minimum atomic E-state index is 0.0748. The Balaban J connectivity index is 1.27. The topological polar surface area (TPSA) is 41.4 Å². The maximum atomic E-state index is 13.1. The van der Waals surface area contributed by atoms with Crippen LogP contribution in [0.15, 0.2) is 48.8 Å². The van der Waals surface area contributed by atoms with Gasteiger partial charge in [0.25, 0.3) is 0 Å². The second-order valence-corrected chi connectivity index (χ2v) is 7.94. The largest absolute Gasteiger partial charge is 0.341 e. The zero-order valence-electron chi connectivity index (χ0n) is 16.0.